The van der Waals surface area contributed by atoms with Gasteiger partial charge in [0.05, 0.1) is 16.6 Å². The van der Waals surface area contributed by atoms with Crippen molar-refractivity contribution in [2.24, 2.45) is 0 Å². The van der Waals surface area contributed by atoms with Gasteiger partial charge < -0.3 is 19.6 Å². The fourth-order valence-electron chi connectivity index (χ4n) is 3.01. The average molecular weight is 467 g/mol. The number of aromatic carboxylic acids is 1. The number of aryl methyl sites for hydroxylation is 1. The molecule has 4 rings (SSSR count). The number of carboxylic acid groups (broad SMARTS) is 1. The van der Waals surface area contributed by atoms with Crippen LogP contribution in [0.1, 0.15) is 27.3 Å². The van der Waals surface area contributed by atoms with Crippen LogP contribution in [0.4, 0.5) is 0 Å². The minimum absolute atomic E-state index is 0.132. The molecule has 0 radical (unpaired) electrons. The molecule has 0 saturated carbocycles. The van der Waals surface area contributed by atoms with E-state index in [1.807, 2.05) is 49.4 Å². The van der Waals surface area contributed by atoms with Gasteiger partial charge in [0, 0.05) is 4.47 Å². The Labute approximate surface area is 181 Å². The fourth-order valence-corrected chi connectivity index (χ4v) is 3.27. The van der Waals surface area contributed by atoms with Gasteiger partial charge in [-0.25, -0.2) is 9.78 Å². The number of fused-ring (bicyclic) bond motifs is 1. The van der Waals surface area contributed by atoms with Crippen molar-refractivity contribution in [1.29, 1.82) is 0 Å². The minimum Gasteiger partial charge on any atom is -0.485 e. The molecule has 0 spiro atoms. The Kier molecular flexibility index (Phi) is 5.72. The molecule has 0 fully saturated rings. The van der Waals surface area contributed by atoms with Crippen LogP contribution in [-0.2, 0) is 13.2 Å². The highest BCUT2D eigenvalue weighted by atomic mass is 79.9. The van der Waals surface area contributed by atoms with Gasteiger partial charge in [-0.1, -0.05) is 34.1 Å². The van der Waals surface area contributed by atoms with Gasteiger partial charge in [0.2, 0.25) is 0 Å². The predicted octanol–water partition coefficient (Wildman–Crippen LogP) is 5.49. The number of hydrogen-bond donors (Lipinski definition) is 2. The monoisotopic (exact) mass is 466 g/mol. The summed E-state index contributed by atoms with van der Waals surface area (Å²) < 4.78 is 12.8. The first-order chi connectivity index (χ1) is 14.5. The molecule has 0 amide bonds. The first-order valence-electron chi connectivity index (χ1n) is 9.30. The van der Waals surface area contributed by atoms with Gasteiger partial charge in [0.15, 0.2) is 11.5 Å². The second-order valence-corrected chi connectivity index (χ2v) is 7.79. The normalized spacial score (nSPS) is 10.9. The second-order valence-electron chi connectivity index (χ2n) is 6.87. The molecular weight excluding hydrogens is 448 g/mol. The average Bonchev–Trinajstić information content (AvgIpc) is 3.14. The van der Waals surface area contributed by atoms with Crippen LogP contribution in [0.25, 0.3) is 11.0 Å². The molecule has 1 aromatic heterocycles. The van der Waals surface area contributed by atoms with Crippen LogP contribution in [0.2, 0.25) is 0 Å². The molecule has 6 nitrogen and oxygen atoms in total. The number of imidazole rings is 1. The van der Waals surface area contributed by atoms with Gasteiger partial charge in [-0.15, -0.1) is 0 Å². The number of carbonyl (C=O) groups is 1. The molecule has 7 heteroatoms. The highest BCUT2D eigenvalue weighted by Crippen LogP contribution is 2.30. The summed E-state index contributed by atoms with van der Waals surface area (Å²) in [7, 11) is 0. The van der Waals surface area contributed by atoms with Gasteiger partial charge in [0.1, 0.15) is 19.0 Å². The number of aromatic nitrogens is 2. The maximum Gasteiger partial charge on any atom is 0.335 e. The van der Waals surface area contributed by atoms with E-state index >= 15 is 0 Å². The minimum atomic E-state index is -1.03. The summed E-state index contributed by atoms with van der Waals surface area (Å²) in [6.07, 6.45) is 0. The number of aromatic amines is 1. The third-order valence-electron chi connectivity index (χ3n) is 4.55. The van der Waals surface area contributed by atoms with Crippen LogP contribution in [0, 0.1) is 6.92 Å². The maximum absolute atomic E-state index is 11.4. The highest BCUT2D eigenvalue weighted by Gasteiger charge is 2.13. The zero-order valence-electron chi connectivity index (χ0n) is 16.2. The van der Waals surface area contributed by atoms with Crippen LogP contribution in [0.3, 0.4) is 0 Å². The van der Waals surface area contributed by atoms with Crippen LogP contribution in [0.5, 0.6) is 11.5 Å². The smallest absolute Gasteiger partial charge is 0.335 e. The number of ether oxygens (including phenoxy) is 2. The van der Waals surface area contributed by atoms with Crippen LogP contribution in [-0.4, -0.2) is 21.0 Å². The Bertz CT molecular complexity index is 1200. The molecule has 30 heavy (non-hydrogen) atoms. The molecule has 0 unspecified atom stereocenters. The van der Waals surface area contributed by atoms with E-state index < -0.39 is 5.97 Å². The maximum atomic E-state index is 11.4. The van der Waals surface area contributed by atoms with Crippen molar-refractivity contribution in [2.45, 2.75) is 20.1 Å². The van der Waals surface area contributed by atoms with Crippen molar-refractivity contribution >= 4 is 32.9 Å². The lowest BCUT2D eigenvalue weighted by molar-refractivity contribution is 0.0696. The van der Waals surface area contributed by atoms with Gasteiger partial charge >= 0.3 is 5.97 Å². The Morgan fingerprint density at radius 3 is 2.53 bits per heavy atom. The molecule has 4 aromatic rings. The number of hydrogen-bond acceptors (Lipinski definition) is 4. The van der Waals surface area contributed by atoms with E-state index in [0.717, 1.165) is 26.6 Å². The summed E-state index contributed by atoms with van der Waals surface area (Å²) in [5.41, 5.74) is 4.05. The zero-order valence-corrected chi connectivity index (χ0v) is 17.8. The van der Waals surface area contributed by atoms with E-state index in [-0.39, 0.29) is 18.8 Å². The number of halogens is 1. The quantitative estimate of drug-likeness (QED) is 0.376. The van der Waals surface area contributed by atoms with Crippen molar-refractivity contribution in [3.05, 3.63) is 87.7 Å². The third-order valence-corrected chi connectivity index (χ3v) is 5.08. The SMILES string of the molecule is Cc1ccc2nc(COc3ccc(C(=O)O)cc3OCc3ccc(Br)cc3)[nH]c2c1. The van der Waals surface area contributed by atoms with E-state index in [1.165, 1.54) is 12.1 Å². The standard InChI is InChI=1S/C23H19BrN2O4/c1-14-2-8-18-19(10-14)26-22(25-18)13-30-20-9-5-16(23(27)28)11-21(20)29-12-15-3-6-17(24)7-4-15/h2-11H,12-13H2,1H3,(H,25,26)(H,27,28). The van der Waals surface area contributed by atoms with Crippen LogP contribution >= 0.6 is 15.9 Å². The van der Waals surface area contributed by atoms with Crippen molar-refractivity contribution in [3.8, 4) is 11.5 Å². The van der Waals surface area contributed by atoms with Crippen molar-refractivity contribution in [3.63, 3.8) is 0 Å². The summed E-state index contributed by atoms with van der Waals surface area (Å²) in [6.45, 7) is 2.51. The number of benzene rings is 3. The summed E-state index contributed by atoms with van der Waals surface area (Å²) in [5, 5.41) is 9.31. The van der Waals surface area contributed by atoms with Gasteiger partial charge in [-0.2, -0.15) is 0 Å². The van der Waals surface area contributed by atoms with Gasteiger partial charge in [-0.05, 0) is 60.5 Å². The van der Waals surface area contributed by atoms with Gasteiger partial charge in [0.25, 0.3) is 0 Å². The highest BCUT2D eigenvalue weighted by molar-refractivity contribution is 9.10. The molecule has 0 aliphatic rings. The molecule has 0 aliphatic heterocycles. The molecular formula is C23H19BrN2O4. The molecule has 3 aromatic carbocycles. The lowest BCUT2D eigenvalue weighted by Crippen LogP contribution is -2.04. The number of H-pyrrole nitrogens is 1. The number of nitrogens with one attached hydrogen (secondary N) is 1. The fraction of sp³-hybridized carbons (Fsp3) is 0.130. The second kappa shape index (κ2) is 8.59. The lowest BCUT2D eigenvalue weighted by atomic mass is 10.2. The predicted molar refractivity (Wildman–Crippen MR) is 117 cm³/mol. The molecule has 0 saturated heterocycles. The van der Waals surface area contributed by atoms with E-state index in [1.54, 1.807) is 6.07 Å². The number of carboxylic acids is 1. The molecule has 2 N–H and O–H groups in total. The van der Waals surface area contributed by atoms with Crippen molar-refractivity contribution < 1.29 is 19.4 Å². The summed E-state index contributed by atoms with van der Waals surface area (Å²) in [6, 6.07) is 18.3. The molecule has 0 aliphatic carbocycles. The Balaban J connectivity index is 1.53. The van der Waals surface area contributed by atoms with E-state index in [9.17, 15) is 9.90 Å². The summed E-state index contributed by atoms with van der Waals surface area (Å²) in [5.74, 6) is 0.470. The topological polar surface area (TPSA) is 84.4 Å². The first-order valence-corrected chi connectivity index (χ1v) is 10.1. The van der Waals surface area contributed by atoms with Crippen LogP contribution in [0.15, 0.2) is 65.1 Å². The largest absolute Gasteiger partial charge is 0.485 e. The number of rotatable bonds is 7. The van der Waals surface area contributed by atoms with E-state index in [0.29, 0.717) is 17.3 Å². The van der Waals surface area contributed by atoms with Crippen molar-refractivity contribution in [1.82, 2.24) is 9.97 Å². The Morgan fingerprint density at radius 2 is 1.77 bits per heavy atom. The van der Waals surface area contributed by atoms with E-state index in [2.05, 4.69) is 25.9 Å². The van der Waals surface area contributed by atoms with Gasteiger partial charge in [-0.3, -0.25) is 0 Å². The molecule has 0 atom stereocenters. The Morgan fingerprint density at radius 1 is 1.00 bits per heavy atom. The van der Waals surface area contributed by atoms with Crippen molar-refractivity contribution in [2.75, 3.05) is 0 Å². The van der Waals surface area contributed by atoms with Crippen LogP contribution < -0.4 is 9.47 Å². The first kappa shape index (κ1) is 20.0. The molecule has 0 bridgehead atoms. The zero-order chi connectivity index (χ0) is 21.1. The Hall–Kier alpha value is -3.32. The summed E-state index contributed by atoms with van der Waals surface area (Å²) in [4.78, 5) is 19.1. The molecule has 1 heterocycles. The number of nitrogens with zero attached hydrogens (tertiary/aromatic N) is 1. The lowest BCUT2D eigenvalue weighted by Gasteiger charge is -2.13. The molecule has 152 valence electrons. The van der Waals surface area contributed by atoms with E-state index in [4.69, 9.17) is 9.47 Å². The third kappa shape index (κ3) is 4.63. The summed E-state index contributed by atoms with van der Waals surface area (Å²) >= 11 is 3.40.